The first kappa shape index (κ1) is 11.9. The molecule has 0 unspecified atom stereocenters. The summed E-state index contributed by atoms with van der Waals surface area (Å²) in [5.41, 5.74) is 5.98. The topological polar surface area (TPSA) is 59.6 Å². The number of carbonyl (C=O) groups is 1. The van der Waals surface area contributed by atoms with E-state index in [0.29, 0.717) is 0 Å². The van der Waals surface area contributed by atoms with Gasteiger partial charge in [-0.3, -0.25) is 15.6 Å². The van der Waals surface area contributed by atoms with E-state index in [9.17, 15) is 4.79 Å². The first-order chi connectivity index (χ1) is 7.76. The summed E-state index contributed by atoms with van der Waals surface area (Å²) in [5.74, 6) is 0.467. The molecular weight excluding hydrogens is 208 g/mol. The summed E-state index contributed by atoms with van der Waals surface area (Å²) in [6.45, 7) is 0. The number of methoxy groups -OCH3 is 2. The molecule has 0 saturated carbocycles. The summed E-state index contributed by atoms with van der Waals surface area (Å²) in [4.78, 5) is 11.1. The van der Waals surface area contributed by atoms with Crippen molar-refractivity contribution in [1.29, 1.82) is 0 Å². The number of hydrogen-bond donors (Lipinski definition) is 2. The first-order valence-electron chi connectivity index (χ1n) is 4.65. The van der Waals surface area contributed by atoms with E-state index in [2.05, 4.69) is 15.6 Å². The smallest absolute Gasteiger partial charge is 0.265 e. The van der Waals surface area contributed by atoms with Gasteiger partial charge in [0.25, 0.3) is 5.91 Å². The lowest BCUT2D eigenvalue weighted by atomic mass is 10.3. The highest BCUT2D eigenvalue weighted by Crippen LogP contribution is 2.13. The molecule has 0 heterocycles. The molecule has 0 atom stereocenters. The Hall–Kier alpha value is -2.17. The zero-order valence-electron chi connectivity index (χ0n) is 9.19. The van der Waals surface area contributed by atoms with Crippen molar-refractivity contribution < 1.29 is 14.3 Å². The summed E-state index contributed by atoms with van der Waals surface area (Å²) in [7, 11) is 3.07. The van der Waals surface area contributed by atoms with Crippen molar-refractivity contribution in [2.24, 2.45) is 0 Å². The fourth-order valence-electron chi connectivity index (χ4n) is 0.980. The van der Waals surface area contributed by atoms with Crippen molar-refractivity contribution in [3.63, 3.8) is 0 Å². The molecule has 16 heavy (non-hydrogen) atoms. The number of rotatable bonds is 5. The lowest BCUT2D eigenvalue weighted by Gasteiger charge is -2.06. The molecule has 0 aliphatic rings. The highest BCUT2D eigenvalue weighted by molar-refractivity contribution is 5.88. The van der Waals surface area contributed by atoms with Gasteiger partial charge in [0.1, 0.15) is 5.75 Å². The van der Waals surface area contributed by atoms with E-state index in [0.717, 1.165) is 11.4 Å². The minimum atomic E-state index is -0.294. The molecule has 2 N–H and O–H groups in total. The molecule has 86 valence electrons. The molecule has 0 fully saturated rings. The van der Waals surface area contributed by atoms with Crippen molar-refractivity contribution in [3.05, 3.63) is 36.6 Å². The van der Waals surface area contributed by atoms with Crippen molar-refractivity contribution in [1.82, 2.24) is 5.43 Å². The summed E-state index contributed by atoms with van der Waals surface area (Å²) in [5, 5.41) is 0. The van der Waals surface area contributed by atoms with Gasteiger partial charge >= 0.3 is 0 Å². The Morgan fingerprint density at radius 2 is 1.94 bits per heavy atom. The average Bonchev–Trinajstić information content (AvgIpc) is 2.34. The highest BCUT2D eigenvalue weighted by Gasteiger charge is 1.95. The molecule has 0 bridgehead atoms. The van der Waals surface area contributed by atoms with Crippen molar-refractivity contribution in [3.8, 4) is 5.75 Å². The molecule has 0 radical (unpaired) electrons. The van der Waals surface area contributed by atoms with Gasteiger partial charge in [-0.15, -0.1) is 0 Å². The Morgan fingerprint density at radius 3 is 2.50 bits per heavy atom. The van der Waals surface area contributed by atoms with E-state index >= 15 is 0 Å². The molecular formula is C11H14N2O3. The van der Waals surface area contributed by atoms with Crippen LogP contribution in [0.4, 0.5) is 5.69 Å². The maximum Gasteiger partial charge on any atom is 0.265 e. The minimum absolute atomic E-state index is 0.294. The van der Waals surface area contributed by atoms with Gasteiger partial charge in [0.2, 0.25) is 0 Å². The minimum Gasteiger partial charge on any atom is -0.504 e. The number of hydrazine groups is 1. The standard InChI is InChI=1S/C11H14N2O3/c1-15-8-7-11(14)13-12-9-3-5-10(16-2)6-4-9/h3-8,12H,1-2H3,(H,13,14). The van der Waals surface area contributed by atoms with Crippen LogP contribution in [0.3, 0.4) is 0 Å². The zero-order valence-corrected chi connectivity index (χ0v) is 9.19. The van der Waals surface area contributed by atoms with Crippen LogP contribution in [-0.4, -0.2) is 20.1 Å². The second kappa shape index (κ2) is 6.34. The number of ether oxygens (including phenoxy) is 2. The highest BCUT2D eigenvalue weighted by atomic mass is 16.5. The largest absolute Gasteiger partial charge is 0.504 e. The Labute approximate surface area is 94.0 Å². The van der Waals surface area contributed by atoms with Crippen LogP contribution in [0.5, 0.6) is 5.75 Å². The van der Waals surface area contributed by atoms with Crippen LogP contribution >= 0.6 is 0 Å². The first-order valence-corrected chi connectivity index (χ1v) is 4.65. The molecule has 5 nitrogen and oxygen atoms in total. The SMILES string of the molecule is COC=CC(=O)NNc1ccc(OC)cc1. The third-order valence-electron chi connectivity index (χ3n) is 1.78. The third kappa shape index (κ3) is 3.91. The number of hydrogen-bond acceptors (Lipinski definition) is 4. The average molecular weight is 222 g/mol. The van der Waals surface area contributed by atoms with E-state index in [1.807, 2.05) is 0 Å². The van der Waals surface area contributed by atoms with Crippen molar-refractivity contribution >= 4 is 11.6 Å². The molecule has 5 heteroatoms. The van der Waals surface area contributed by atoms with Gasteiger partial charge in [-0.25, -0.2) is 0 Å². The number of amides is 1. The Kier molecular flexibility index (Phi) is 4.72. The van der Waals surface area contributed by atoms with Crippen molar-refractivity contribution in [2.45, 2.75) is 0 Å². The van der Waals surface area contributed by atoms with Gasteiger partial charge < -0.3 is 9.47 Å². The van der Waals surface area contributed by atoms with E-state index in [1.54, 1.807) is 31.4 Å². The van der Waals surface area contributed by atoms with Crippen LogP contribution < -0.4 is 15.6 Å². The maximum absolute atomic E-state index is 11.1. The summed E-state index contributed by atoms with van der Waals surface area (Å²) < 4.78 is 9.61. The van der Waals surface area contributed by atoms with E-state index in [1.165, 1.54) is 19.4 Å². The van der Waals surface area contributed by atoms with Gasteiger partial charge in [0, 0.05) is 6.08 Å². The second-order valence-corrected chi connectivity index (χ2v) is 2.88. The monoisotopic (exact) mass is 222 g/mol. The fraction of sp³-hybridized carbons (Fsp3) is 0.182. The van der Waals surface area contributed by atoms with Gasteiger partial charge in [-0.05, 0) is 24.3 Å². The van der Waals surface area contributed by atoms with Crippen LogP contribution in [0.2, 0.25) is 0 Å². The predicted octanol–water partition coefficient (Wildman–Crippen LogP) is 1.30. The van der Waals surface area contributed by atoms with Crippen LogP contribution in [0, 0.1) is 0 Å². The summed E-state index contributed by atoms with van der Waals surface area (Å²) in [6.07, 6.45) is 2.57. The van der Waals surface area contributed by atoms with Crippen LogP contribution in [0.1, 0.15) is 0 Å². The Morgan fingerprint density at radius 1 is 1.25 bits per heavy atom. The van der Waals surface area contributed by atoms with Crippen LogP contribution in [0.15, 0.2) is 36.6 Å². The predicted molar refractivity (Wildman–Crippen MR) is 60.9 cm³/mol. The second-order valence-electron chi connectivity index (χ2n) is 2.88. The third-order valence-corrected chi connectivity index (χ3v) is 1.78. The Bertz CT molecular complexity index is 360. The normalized spacial score (nSPS) is 9.88. The molecule has 0 aromatic heterocycles. The maximum atomic E-state index is 11.1. The number of carbonyl (C=O) groups excluding carboxylic acids is 1. The molecule has 0 aliphatic carbocycles. The molecule has 0 aliphatic heterocycles. The molecule has 1 aromatic carbocycles. The molecule has 1 aromatic rings. The molecule has 0 saturated heterocycles. The molecule has 1 amide bonds. The Balaban J connectivity index is 2.42. The van der Waals surface area contributed by atoms with Gasteiger partial charge in [-0.1, -0.05) is 0 Å². The molecule has 0 spiro atoms. The number of benzene rings is 1. The summed E-state index contributed by atoms with van der Waals surface area (Å²) >= 11 is 0. The lowest BCUT2D eigenvalue weighted by Crippen LogP contribution is -2.27. The fourth-order valence-corrected chi connectivity index (χ4v) is 0.980. The van der Waals surface area contributed by atoms with Gasteiger partial charge in [0.05, 0.1) is 26.2 Å². The van der Waals surface area contributed by atoms with Crippen LogP contribution in [-0.2, 0) is 9.53 Å². The van der Waals surface area contributed by atoms with Crippen molar-refractivity contribution in [2.75, 3.05) is 19.6 Å². The quantitative estimate of drug-likeness (QED) is 0.448. The zero-order chi connectivity index (χ0) is 11.8. The number of anilines is 1. The van der Waals surface area contributed by atoms with Gasteiger partial charge in [0.15, 0.2) is 0 Å². The molecule has 1 rings (SSSR count). The lowest BCUT2D eigenvalue weighted by molar-refractivity contribution is -0.116. The van der Waals surface area contributed by atoms with Gasteiger partial charge in [-0.2, -0.15) is 0 Å². The van der Waals surface area contributed by atoms with Crippen LogP contribution in [0.25, 0.3) is 0 Å². The van der Waals surface area contributed by atoms with E-state index < -0.39 is 0 Å². The summed E-state index contributed by atoms with van der Waals surface area (Å²) in [6, 6.07) is 7.16. The number of nitrogens with one attached hydrogen (secondary N) is 2. The van der Waals surface area contributed by atoms with E-state index in [-0.39, 0.29) is 5.91 Å². The van der Waals surface area contributed by atoms with E-state index in [4.69, 9.17) is 4.74 Å².